The fourth-order valence-corrected chi connectivity index (χ4v) is 3.75. The second-order valence-corrected chi connectivity index (χ2v) is 8.28. The molecule has 1 aliphatic rings. The van der Waals surface area contributed by atoms with E-state index in [1.165, 1.54) is 0 Å². The zero-order chi connectivity index (χ0) is 25.3. The van der Waals surface area contributed by atoms with E-state index in [9.17, 15) is 9.59 Å². The highest BCUT2D eigenvalue weighted by Crippen LogP contribution is 2.21. The minimum absolute atomic E-state index is 0.00382. The van der Waals surface area contributed by atoms with Gasteiger partial charge in [-0.3, -0.25) is 10.1 Å². The van der Waals surface area contributed by atoms with Gasteiger partial charge in [-0.15, -0.1) is 10.2 Å². The molecule has 0 saturated carbocycles. The molecule has 8 heteroatoms. The molecule has 0 aromatic heterocycles. The van der Waals surface area contributed by atoms with Crippen LogP contribution in [0.25, 0.3) is 11.1 Å². The van der Waals surface area contributed by atoms with E-state index < -0.39 is 18.2 Å². The number of ether oxygens (including phenoxy) is 1. The quantitative estimate of drug-likeness (QED) is 0.504. The largest absolute Gasteiger partial charge is 0.481 e. The zero-order valence-electron chi connectivity index (χ0n) is 19.8. The molecule has 0 aliphatic carbocycles. The number of rotatable bonds is 7. The van der Waals surface area contributed by atoms with Gasteiger partial charge in [0.1, 0.15) is 6.10 Å². The number of alkyl carbamates (subject to hydrolysis) is 1. The lowest BCUT2D eigenvalue weighted by atomic mass is 10.0. The maximum absolute atomic E-state index is 12.5. The first-order chi connectivity index (χ1) is 17.5. The molecular weight excluding hydrogens is 456 g/mol. The number of amides is 1. The summed E-state index contributed by atoms with van der Waals surface area (Å²) in [6, 6.07) is 25.0. The number of nitrogens with zero attached hydrogens (tertiary/aromatic N) is 3. The third-order valence-electron chi connectivity index (χ3n) is 5.64. The van der Waals surface area contributed by atoms with Crippen LogP contribution in [0, 0.1) is 0 Å². The van der Waals surface area contributed by atoms with Crippen molar-refractivity contribution in [2.24, 2.45) is 10.2 Å². The van der Waals surface area contributed by atoms with Gasteiger partial charge in [0, 0.05) is 19.0 Å². The van der Waals surface area contributed by atoms with E-state index in [-0.39, 0.29) is 12.4 Å². The molecule has 36 heavy (non-hydrogen) atoms. The van der Waals surface area contributed by atoms with Crippen molar-refractivity contribution in [2.75, 3.05) is 6.54 Å². The summed E-state index contributed by atoms with van der Waals surface area (Å²) in [6.07, 6.45) is 0.708. The lowest BCUT2D eigenvalue weighted by Crippen LogP contribution is -2.44. The minimum Gasteiger partial charge on any atom is -0.481 e. The predicted octanol–water partition coefficient (Wildman–Crippen LogP) is 4.78. The average Bonchev–Trinajstić information content (AvgIpc) is 3.10. The topological polar surface area (TPSA) is 104 Å². The van der Waals surface area contributed by atoms with Gasteiger partial charge in [-0.2, -0.15) is 0 Å². The maximum atomic E-state index is 12.5. The Hall–Kier alpha value is -4.68. The van der Waals surface area contributed by atoms with Gasteiger partial charge >= 0.3 is 12.1 Å². The van der Waals surface area contributed by atoms with E-state index in [0.717, 1.165) is 27.8 Å². The monoisotopic (exact) mass is 482 g/mol. The Balaban J connectivity index is 1.39. The van der Waals surface area contributed by atoms with E-state index in [1.807, 2.05) is 90.7 Å². The predicted molar refractivity (Wildman–Crippen MR) is 138 cm³/mol. The molecule has 1 unspecified atom stereocenters. The van der Waals surface area contributed by atoms with Gasteiger partial charge < -0.3 is 14.7 Å². The standard InChI is InChI=1S/C28H26N4O4/c1-20(23-6-3-2-4-7-23)36-28(35)30-27-31-29-16-5-17-32(27)19-22-10-14-25(15-11-22)24-12-8-21(9-13-24)18-26(33)34/h2-15,20H,17-19H2,1H3,(H,33,34)(H,30,31,35). The van der Waals surface area contributed by atoms with Crippen molar-refractivity contribution in [3.05, 3.63) is 102 Å². The molecule has 4 rings (SSSR count). The van der Waals surface area contributed by atoms with Crippen molar-refractivity contribution in [3.8, 4) is 11.1 Å². The molecule has 0 saturated heterocycles. The summed E-state index contributed by atoms with van der Waals surface area (Å²) in [4.78, 5) is 25.3. The van der Waals surface area contributed by atoms with Crippen LogP contribution in [0.3, 0.4) is 0 Å². The first kappa shape index (κ1) is 24.4. The minimum atomic E-state index is -0.850. The van der Waals surface area contributed by atoms with Crippen molar-refractivity contribution in [2.45, 2.75) is 26.0 Å². The highest BCUT2D eigenvalue weighted by atomic mass is 16.6. The molecule has 0 fully saturated rings. The Kier molecular flexibility index (Phi) is 7.90. The second kappa shape index (κ2) is 11.6. The summed E-state index contributed by atoms with van der Waals surface area (Å²) in [5, 5.41) is 19.6. The van der Waals surface area contributed by atoms with Crippen LogP contribution in [0.4, 0.5) is 4.79 Å². The fraction of sp³-hybridized carbons (Fsp3) is 0.179. The summed E-state index contributed by atoms with van der Waals surface area (Å²) < 4.78 is 5.51. The lowest BCUT2D eigenvalue weighted by molar-refractivity contribution is -0.136. The zero-order valence-corrected chi connectivity index (χ0v) is 19.8. The van der Waals surface area contributed by atoms with Crippen LogP contribution in [0.2, 0.25) is 0 Å². The number of hydrogen-bond acceptors (Lipinski definition) is 6. The number of carboxylic acids is 1. The summed E-state index contributed by atoms with van der Waals surface area (Å²) in [6.45, 7) is 2.76. The Bertz CT molecular complexity index is 1300. The Morgan fingerprint density at radius 3 is 2.28 bits per heavy atom. The van der Waals surface area contributed by atoms with Gasteiger partial charge in [-0.25, -0.2) is 4.79 Å². The molecule has 8 nitrogen and oxygen atoms in total. The van der Waals surface area contributed by atoms with Crippen molar-refractivity contribution in [1.29, 1.82) is 0 Å². The summed E-state index contributed by atoms with van der Waals surface area (Å²) >= 11 is 0. The second-order valence-electron chi connectivity index (χ2n) is 8.28. The molecule has 1 heterocycles. The molecule has 182 valence electrons. The highest BCUT2D eigenvalue weighted by Gasteiger charge is 2.19. The number of hydrogen-bond donors (Lipinski definition) is 2. The first-order valence-electron chi connectivity index (χ1n) is 11.5. The molecule has 0 spiro atoms. The molecular formula is C28H26N4O4. The van der Waals surface area contributed by atoms with E-state index in [1.54, 1.807) is 6.08 Å². The number of carboxylic acid groups (broad SMARTS) is 1. The molecule has 3 aromatic rings. The molecule has 1 aliphatic heterocycles. The number of carbonyl (C=O) groups excluding carboxylic acids is 1. The van der Waals surface area contributed by atoms with Crippen LogP contribution in [-0.4, -0.2) is 40.4 Å². The summed E-state index contributed by atoms with van der Waals surface area (Å²) in [5.74, 6) is 2.15. The van der Waals surface area contributed by atoms with E-state index in [0.29, 0.717) is 13.1 Å². The lowest BCUT2D eigenvalue weighted by Gasteiger charge is -2.24. The van der Waals surface area contributed by atoms with Crippen LogP contribution < -0.4 is 5.32 Å². The van der Waals surface area contributed by atoms with Gasteiger partial charge in [0.25, 0.3) is 0 Å². The van der Waals surface area contributed by atoms with Crippen LogP contribution in [0.15, 0.2) is 95.1 Å². The molecule has 1 atom stereocenters. The maximum Gasteiger partial charge on any atom is 0.414 e. The van der Waals surface area contributed by atoms with E-state index >= 15 is 0 Å². The molecule has 3 aromatic carbocycles. The summed E-state index contributed by atoms with van der Waals surface area (Å²) in [5.41, 5.74) is 4.68. The van der Waals surface area contributed by atoms with Crippen LogP contribution in [0.5, 0.6) is 0 Å². The molecule has 0 radical (unpaired) electrons. The SMILES string of the molecule is CC(OC(=O)NC1=NN=C=CCN1Cc1ccc(-c2ccc(CC(=O)O)cc2)cc1)c1ccccc1. The molecule has 1 amide bonds. The van der Waals surface area contributed by atoms with Gasteiger partial charge in [-0.1, -0.05) is 78.9 Å². The number of nitrogens with one attached hydrogen (secondary N) is 1. The smallest absolute Gasteiger partial charge is 0.414 e. The van der Waals surface area contributed by atoms with Gasteiger partial charge in [-0.05, 0) is 40.8 Å². The van der Waals surface area contributed by atoms with Crippen LogP contribution in [0.1, 0.15) is 29.7 Å². The van der Waals surface area contributed by atoms with Crippen molar-refractivity contribution >= 4 is 23.9 Å². The van der Waals surface area contributed by atoms with E-state index in [4.69, 9.17) is 9.84 Å². The van der Waals surface area contributed by atoms with Crippen LogP contribution >= 0.6 is 0 Å². The average molecular weight is 483 g/mol. The third kappa shape index (κ3) is 6.68. The van der Waals surface area contributed by atoms with Gasteiger partial charge in [0.2, 0.25) is 5.96 Å². The normalized spacial score (nSPS) is 13.5. The highest BCUT2D eigenvalue weighted by molar-refractivity contribution is 5.94. The first-order valence-corrected chi connectivity index (χ1v) is 11.5. The van der Waals surface area contributed by atoms with Gasteiger partial charge in [0.15, 0.2) is 0 Å². The molecule has 0 bridgehead atoms. The van der Waals surface area contributed by atoms with Crippen molar-refractivity contribution < 1.29 is 19.4 Å². The fourth-order valence-electron chi connectivity index (χ4n) is 3.75. The van der Waals surface area contributed by atoms with Gasteiger partial charge in [0.05, 0.1) is 6.42 Å². The number of guanidine groups is 1. The Labute approximate surface area is 209 Å². The van der Waals surface area contributed by atoms with Crippen molar-refractivity contribution in [3.63, 3.8) is 0 Å². The Morgan fingerprint density at radius 2 is 1.64 bits per heavy atom. The Morgan fingerprint density at radius 1 is 1.00 bits per heavy atom. The van der Waals surface area contributed by atoms with Crippen molar-refractivity contribution in [1.82, 2.24) is 10.2 Å². The van der Waals surface area contributed by atoms with E-state index in [2.05, 4.69) is 21.4 Å². The number of carbonyl (C=O) groups is 2. The van der Waals surface area contributed by atoms with Crippen LogP contribution in [-0.2, 0) is 22.5 Å². The summed E-state index contributed by atoms with van der Waals surface area (Å²) in [7, 11) is 0. The molecule has 2 N–H and O–H groups in total. The number of aliphatic carboxylic acids is 1. The number of benzene rings is 3. The third-order valence-corrected chi connectivity index (χ3v) is 5.64.